The van der Waals surface area contributed by atoms with E-state index in [1.807, 2.05) is 18.2 Å². The summed E-state index contributed by atoms with van der Waals surface area (Å²) < 4.78 is 12.1. The van der Waals surface area contributed by atoms with Crippen molar-refractivity contribution < 1.29 is 9.47 Å². The normalized spacial score (nSPS) is 28.0. The summed E-state index contributed by atoms with van der Waals surface area (Å²) in [4.78, 5) is 0. The van der Waals surface area contributed by atoms with Crippen LogP contribution in [0.3, 0.4) is 0 Å². The largest absolute Gasteiger partial charge is 0.343 e. The van der Waals surface area contributed by atoms with Crippen LogP contribution in [0.2, 0.25) is 0 Å². The molecule has 0 aromatic carbocycles. The average molecular weight is 224 g/mol. The van der Waals surface area contributed by atoms with Crippen LogP contribution in [-0.4, -0.2) is 18.0 Å². The van der Waals surface area contributed by atoms with Crippen LogP contribution in [0.1, 0.15) is 47.0 Å². The van der Waals surface area contributed by atoms with Gasteiger partial charge in [0.05, 0.1) is 12.2 Å². The molecule has 1 rings (SSSR count). The number of allylic oxidation sites excluding steroid dienone is 2. The Morgan fingerprint density at radius 3 is 2.00 bits per heavy atom. The predicted molar refractivity (Wildman–Crippen MR) is 67.3 cm³/mol. The van der Waals surface area contributed by atoms with Gasteiger partial charge in [-0.25, -0.2) is 0 Å². The van der Waals surface area contributed by atoms with Crippen LogP contribution >= 0.6 is 0 Å². The van der Waals surface area contributed by atoms with Gasteiger partial charge in [0.25, 0.3) is 0 Å². The number of hydrogen-bond donors (Lipinski definition) is 0. The van der Waals surface area contributed by atoms with Crippen molar-refractivity contribution in [3.63, 3.8) is 0 Å². The van der Waals surface area contributed by atoms with Gasteiger partial charge in [-0.05, 0) is 32.8 Å². The fourth-order valence-electron chi connectivity index (χ4n) is 1.63. The first-order chi connectivity index (χ1) is 7.62. The highest BCUT2D eigenvalue weighted by Gasteiger charge is 2.32. The molecule has 1 aliphatic rings. The SMILES string of the molecule is CCC(C)OC1(OC(C)CC)C=CC=CC1. The van der Waals surface area contributed by atoms with Crippen molar-refractivity contribution in [2.75, 3.05) is 0 Å². The van der Waals surface area contributed by atoms with E-state index in [1.54, 1.807) is 0 Å². The topological polar surface area (TPSA) is 18.5 Å². The number of rotatable bonds is 6. The Morgan fingerprint density at radius 1 is 1.06 bits per heavy atom. The molecule has 0 aliphatic heterocycles. The fraction of sp³-hybridized carbons (Fsp3) is 0.714. The minimum Gasteiger partial charge on any atom is -0.343 e. The van der Waals surface area contributed by atoms with Crippen LogP contribution in [0, 0.1) is 0 Å². The summed E-state index contributed by atoms with van der Waals surface area (Å²) >= 11 is 0. The summed E-state index contributed by atoms with van der Waals surface area (Å²) in [6.45, 7) is 8.44. The van der Waals surface area contributed by atoms with Gasteiger partial charge in [0, 0.05) is 6.42 Å². The Kier molecular flexibility index (Phi) is 5.23. The van der Waals surface area contributed by atoms with E-state index >= 15 is 0 Å². The lowest BCUT2D eigenvalue weighted by molar-refractivity contribution is -0.243. The summed E-state index contributed by atoms with van der Waals surface area (Å²) in [5.74, 6) is -0.542. The van der Waals surface area contributed by atoms with Crippen molar-refractivity contribution >= 4 is 0 Å². The van der Waals surface area contributed by atoms with Crippen LogP contribution in [0.4, 0.5) is 0 Å². The Bertz CT molecular complexity index is 243. The molecule has 0 bridgehead atoms. The lowest BCUT2D eigenvalue weighted by Crippen LogP contribution is -2.39. The van der Waals surface area contributed by atoms with Gasteiger partial charge in [0.1, 0.15) is 0 Å². The quantitative estimate of drug-likeness (QED) is 0.638. The Balaban J connectivity index is 2.68. The van der Waals surface area contributed by atoms with Crippen molar-refractivity contribution in [2.24, 2.45) is 0 Å². The molecule has 92 valence electrons. The van der Waals surface area contributed by atoms with E-state index in [0.717, 1.165) is 19.3 Å². The van der Waals surface area contributed by atoms with E-state index in [9.17, 15) is 0 Å². The van der Waals surface area contributed by atoms with Gasteiger partial charge >= 0.3 is 0 Å². The second-order valence-electron chi connectivity index (χ2n) is 4.48. The standard InChI is InChI=1S/C14H24O2/c1-5-12(3)15-14(16-13(4)6-2)10-8-7-9-11-14/h7-10,12-13H,5-6,11H2,1-4H3. The highest BCUT2D eigenvalue weighted by molar-refractivity contribution is 5.15. The molecule has 0 N–H and O–H groups in total. The van der Waals surface area contributed by atoms with E-state index in [4.69, 9.17) is 9.47 Å². The van der Waals surface area contributed by atoms with Crippen molar-refractivity contribution in [1.82, 2.24) is 0 Å². The predicted octanol–water partition coefficient (Wildman–Crippen LogP) is 3.83. The molecule has 0 fully saturated rings. The van der Waals surface area contributed by atoms with Crippen LogP contribution in [0.5, 0.6) is 0 Å². The minimum atomic E-state index is -0.542. The van der Waals surface area contributed by atoms with Gasteiger partial charge in [-0.15, -0.1) is 0 Å². The maximum Gasteiger partial charge on any atom is 0.192 e. The first-order valence-corrected chi connectivity index (χ1v) is 6.32. The zero-order valence-electron chi connectivity index (χ0n) is 10.9. The van der Waals surface area contributed by atoms with Gasteiger partial charge in [-0.2, -0.15) is 0 Å². The van der Waals surface area contributed by atoms with Crippen molar-refractivity contribution in [3.05, 3.63) is 24.3 Å². The summed E-state index contributed by atoms with van der Waals surface area (Å²) in [5, 5.41) is 0. The molecule has 2 unspecified atom stereocenters. The van der Waals surface area contributed by atoms with Crippen LogP contribution in [0.25, 0.3) is 0 Å². The third-order valence-electron chi connectivity index (χ3n) is 2.95. The number of ether oxygens (including phenoxy) is 2. The molecule has 16 heavy (non-hydrogen) atoms. The molecule has 1 aliphatic carbocycles. The lowest BCUT2D eigenvalue weighted by atomic mass is 10.1. The fourth-order valence-corrected chi connectivity index (χ4v) is 1.63. The second-order valence-corrected chi connectivity index (χ2v) is 4.48. The second kappa shape index (κ2) is 6.21. The van der Waals surface area contributed by atoms with Crippen molar-refractivity contribution in [3.8, 4) is 0 Å². The van der Waals surface area contributed by atoms with Gasteiger partial charge in [-0.1, -0.05) is 32.1 Å². The molecule has 0 amide bonds. The van der Waals surface area contributed by atoms with Gasteiger partial charge in [0.15, 0.2) is 5.79 Å². The van der Waals surface area contributed by atoms with E-state index in [2.05, 4.69) is 33.8 Å². The Morgan fingerprint density at radius 2 is 1.62 bits per heavy atom. The maximum atomic E-state index is 6.04. The molecule has 0 radical (unpaired) electrons. The first-order valence-electron chi connectivity index (χ1n) is 6.32. The van der Waals surface area contributed by atoms with Gasteiger partial charge in [-0.3, -0.25) is 0 Å². The van der Waals surface area contributed by atoms with Crippen LogP contribution in [0.15, 0.2) is 24.3 Å². The number of hydrogen-bond acceptors (Lipinski definition) is 2. The summed E-state index contributed by atoms with van der Waals surface area (Å²) in [7, 11) is 0. The molecule has 2 atom stereocenters. The molecular formula is C14H24O2. The molecule has 0 aromatic heterocycles. The third kappa shape index (κ3) is 3.76. The van der Waals surface area contributed by atoms with Crippen LogP contribution < -0.4 is 0 Å². The minimum absolute atomic E-state index is 0.222. The molecule has 0 saturated carbocycles. The third-order valence-corrected chi connectivity index (χ3v) is 2.95. The summed E-state index contributed by atoms with van der Waals surface area (Å²) in [5.41, 5.74) is 0. The highest BCUT2D eigenvalue weighted by Crippen LogP contribution is 2.28. The highest BCUT2D eigenvalue weighted by atomic mass is 16.7. The lowest BCUT2D eigenvalue weighted by Gasteiger charge is -2.36. The molecule has 2 nitrogen and oxygen atoms in total. The van der Waals surface area contributed by atoms with E-state index in [1.165, 1.54) is 0 Å². The van der Waals surface area contributed by atoms with Gasteiger partial charge in [0.2, 0.25) is 0 Å². The van der Waals surface area contributed by atoms with Gasteiger partial charge < -0.3 is 9.47 Å². The molecular weight excluding hydrogens is 200 g/mol. The Hall–Kier alpha value is -0.600. The summed E-state index contributed by atoms with van der Waals surface area (Å²) in [6.07, 6.45) is 11.4. The van der Waals surface area contributed by atoms with E-state index in [0.29, 0.717) is 0 Å². The molecule has 2 heteroatoms. The zero-order valence-corrected chi connectivity index (χ0v) is 10.9. The smallest absolute Gasteiger partial charge is 0.192 e. The van der Waals surface area contributed by atoms with E-state index < -0.39 is 5.79 Å². The molecule has 0 saturated heterocycles. The average Bonchev–Trinajstić information content (AvgIpc) is 2.29. The maximum absolute atomic E-state index is 6.04. The molecule has 0 aromatic rings. The molecule has 0 heterocycles. The Labute approximate surface area is 99.3 Å². The summed E-state index contributed by atoms with van der Waals surface area (Å²) in [6, 6.07) is 0. The van der Waals surface area contributed by atoms with Crippen LogP contribution in [-0.2, 0) is 9.47 Å². The zero-order chi connectivity index (χ0) is 12.0. The monoisotopic (exact) mass is 224 g/mol. The van der Waals surface area contributed by atoms with Crippen molar-refractivity contribution in [2.45, 2.75) is 65.0 Å². The first kappa shape index (κ1) is 13.5. The van der Waals surface area contributed by atoms with Crippen molar-refractivity contribution in [1.29, 1.82) is 0 Å². The van der Waals surface area contributed by atoms with E-state index in [-0.39, 0.29) is 12.2 Å². The molecule has 0 spiro atoms.